The van der Waals surface area contributed by atoms with E-state index in [1.54, 1.807) is 5.38 Å². The molecule has 2 rings (SSSR count). The molecule has 1 aromatic heterocycles. The maximum absolute atomic E-state index is 12.2. The standard InChI is InChI=1S/C15H19N3O2S/c1-3-8-20-13-7-5-4-6-11(13)17-14(19)12-9-21-15(18-12)10(2)16/h4-7,9-10H,3,8,16H2,1-2H3,(H,17,19). The fourth-order valence-corrected chi connectivity index (χ4v) is 2.45. The molecular weight excluding hydrogens is 286 g/mol. The van der Waals surface area contributed by atoms with Crippen molar-refractivity contribution in [3.05, 3.63) is 40.3 Å². The molecule has 0 aliphatic heterocycles. The highest BCUT2D eigenvalue weighted by molar-refractivity contribution is 7.09. The Morgan fingerprint density at radius 2 is 2.24 bits per heavy atom. The SMILES string of the molecule is CCCOc1ccccc1NC(=O)c1csc(C(C)N)n1. The van der Waals surface area contributed by atoms with Gasteiger partial charge in [-0.05, 0) is 25.5 Å². The van der Waals surface area contributed by atoms with E-state index in [1.807, 2.05) is 38.1 Å². The molecule has 0 aliphatic rings. The molecule has 0 spiro atoms. The summed E-state index contributed by atoms with van der Waals surface area (Å²) in [5.41, 5.74) is 6.77. The van der Waals surface area contributed by atoms with Crippen LogP contribution >= 0.6 is 11.3 Å². The maximum Gasteiger partial charge on any atom is 0.275 e. The number of ether oxygens (including phenoxy) is 1. The second-order valence-corrected chi connectivity index (χ2v) is 5.55. The van der Waals surface area contributed by atoms with Crippen molar-refractivity contribution in [3.63, 3.8) is 0 Å². The Hall–Kier alpha value is -1.92. The van der Waals surface area contributed by atoms with Gasteiger partial charge in [0.15, 0.2) is 0 Å². The summed E-state index contributed by atoms with van der Waals surface area (Å²) >= 11 is 1.39. The molecule has 1 aromatic carbocycles. The molecular formula is C15H19N3O2S. The first-order valence-corrected chi connectivity index (χ1v) is 7.74. The Labute approximate surface area is 128 Å². The van der Waals surface area contributed by atoms with E-state index in [0.717, 1.165) is 11.4 Å². The Bertz CT molecular complexity index is 610. The van der Waals surface area contributed by atoms with Gasteiger partial charge >= 0.3 is 0 Å². The van der Waals surface area contributed by atoms with Gasteiger partial charge in [-0.25, -0.2) is 4.98 Å². The first-order chi connectivity index (χ1) is 10.1. The van der Waals surface area contributed by atoms with Crippen LogP contribution in [-0.4, -0.2) is 17.5 Å². The molecule has 0 saturated carbocycles. The van der Waals surface area contributed by atoms with Gasteiger partial charge < -0.3 is 15.8 Å². The normalized spacial score (nSPS) is 12.0. The zero-order chi connectivity index (χ0) is 15.2. The van der Waals surface area contributed by atoms with E-state index in [4.69, 9.17) is 10.5 Å². The monoisotopic (exact) mass is 305 g/mol. The quantitative estimate of drug-likeness (QED) is 0.859. The number of benzene rings is 1. The molecule has 0 aliphatic carbocycles. The minimum absolute atomic E-state index is 0.170. The lowest BCUT2D eigenvalue weighted by Crippen LogP contribution is -2.14. The van der Waals surface area contributed by atoms with E-state index < -0.39 is 0 Å². The number of anilines is 1. The molecule has 1 unspecified atom stereocenters. The van der Waals surface area contributed by atoms with Crippen LogP contribution in [0.1, 0.15) is 41.8 Å². The molecule has 21 heavy (non-hydrogen) atoms. The zero-order valence-electron chi connectivity index (χ0n) is 12.1. The van der Waals surface area contributed by atoms with Crippen LogP contribution in [-0.2, 0) is 0 Å². The molecule has 0 saturated heterocycles. The van der Waals surface area contributed by atoms with Crippen LogP contribution in [0.25, 0.3) is 0 Å². The van der Waals surface area contributed by atoms with Crippen LogP contribution in [0.15, 0.2) is 29.6 Å². The summed E-state index contributed by atoms with van der Waals surface area (Å²) in [5, 5.41) is 5.29. The van der Waals surface area contributed by atoms with Crippen LogP contribution in [0.4, 0.5) is 5.69 Å². The van der Waals surface area contributed by atoms with Gasteiger partial charge in [0.1, 0.15) is 16.5 Å². The number of nitrogens with one attached hydrogen (secondary N) is 1. The first-order valence-electron chi connectivity index (χ1n) is 6.86. The van der Waals surface area contributed by atoms with E-state index in [2.05, 4.69) is 10.3 Å². The smallest absolute Gasteiger partial charge is 0.275 e. The second kappa shape index (κ2) is 7.19. The fourth-order valence-electron chi connectivity index (χ4n) is 1.70. The third-order valence-electron chi connectivity index (χ3n) is 2.74. The molecule has 6 heteroatoms. The van der Waals surface area contributed by atoms with Crippen LogP contribution < -0.4 is 15.8 Å². The van der Waals surface area contributed by atoms with Crippen molar-refractivity contribution in [2.75, 3.05) is 11.9 Å². The number of hydrogen-bond donors (Lipinski definition) is 2. The van der Waals surface area contributed by atoms with Gasteiger partial charge in [-0.3, -0.25) is 4.79 Å². The second-order valence-electron chi connectivity index (χ2n) is 4.66. The minimum Gasteiger partial charge on any atom is -0.491 e. The summed E-state index contributed by atoms with van der Waals surface area (Å²) in [6, 6.07) is 7.19. The molecule has 112 valence electrons. The molecule has 3 N–H and O–H groups in total. The lowest BCUT2D eigenvalue weighted by Gasteiger charge is -2.11. The minimum atomic E-state index is -0.259. The maximum atomic E-state index is 12.2. The van der Waals surface area contributed by atoms with Gasteiger partial charge in [-0.15, -0.1) is 11.3 Å². The van der Waals surface area contributed by atoms with E-state index in [1.165, 1.54) is 11.3 Å². The number of hydrogen-bond acceptors (Lipinski definition) is 5. The highest BCUT2D eigenvalue weighted by Gasteiger charge is 2.14. The number of carbonyl (C=O) groups is 1. The van der Waals surface area contributed by atoms with Gasteiger partial charge in [-0.1, -0.05) is 19.1 Å². The Kier molecular flexibility index (Phi) is 5.30. The fraction of sp³-hybridized carbons (Fsp3) is 0.333. The number of nitrogens with zero attached hydrogens (tertiary/aromatic N) is 1. The van der Waals surface area contributed by atoms with E-state index in [-0.39, 0.29) is 11.9 Å². The predicted octanol–water partition coefficient (Wildman–Crippen LogP) is 3.20. The van der Waals surface area contributed by atoms with Crippen molar-refractivity contribution in [3.8, 4) is 5.75 Å². The van der Waals surface area contributed by atoms with Crippen LogP contribution in [0.5, 0.6) is 5.75 Å². The Balaban J connectivity index is 2.11. The van der Waals surface area contributed by atoms with Gasteiger partial charge in [0.25, 0.3) is 5.91 Å². The van der Waals surface area contributed by atoms with Crippen LogP contribution in [0, 0.1) is 0 Å². The highest BCUT2D eigenvalue weighted by atomic mass is 32.1. The van der Waals surface area contributed by atoms with Crippen molar-refractivity contribution in [1.82, 2.24) is 4.98 Å². The topological polar surface area (TPSA) is 77.2 Å². The van der Waals surface area contributed by atoms with E-state index in [9.17, 15) is 4.79 Å². The Morgan fingerprint density at radius 1 is 1.48 bits per heavy atom. The molecule has 0 bridgehead atoms. The third-order valence-corrected chi connectivity index (χ3v) is 3.79. The van der Waals surface area contributed by atoms with Gasteiger partial charge in [-0.2, -0.15) is 0 Å². The number of rotatable bonds is 6. The third kappa shape index (κ3) is 4.03. The summed E-state index contributed by atoms with van der Waals surface area (Å²) in [6.07, 6.45) is 0.909. The summed E-state index contributed by atoms with van der Waals surface area (Å²) in [7, 11) is 0. The molecule has 1 amide bonds. The van der Waals surface area contributed by atoms with Crippen LogP contribution in [0.2, 0.25) is 0 Å². The summed E-state index contributed by atoms with van der Waals surface area (Å²) in [4.78, 5) is 16.5. The zero-order valence-corrected chi connectivity index (χ0v) is 12.9. The van der Waals surface area contributed by atoms with E-state index in [0.29, 0.717) is 23.7 Å². The highest BCUT2D eigenvalue weighted by Crippen LogP contribution is 2.25. The molecule has 1 heterocycles. The summed E-state index contributed by atoms with van der Waals surface area (Å²) in [5.74, 6) is 0.404. The number of amides is 1. The van der Waals surface area contributed by atoms with Crippen molar-refractivity contribution >= 4 is 22.9 Å². The van der Waals surface area contributed by atoms with E-state index >= 15 is 0 Å². The molecule has 1 atom stereocenters. The first kappa shape index (κ1) is 15.5. The number of aromatic nitrogens is 1. The van der Waals surface area contributed by atoms with Crippen molar-refractivity contribution in [2.45, 2.75) is 26.3 Å². The van der Waals surface area contributed by atoms with Gasteiger partial charge in [0, 0.05) is 5.38 Å². The number of para-hydroxylation sites is 2. The Morgan fingerprint density at radius 3 is 2.90 bits per heavy atom. The lowest BCUT2D eigenvalue weighted by atomic mass is 10.3. The average molecular weight is 305 g/mol. The van der Waals surface area contributed by atoms with Crippen LogP contribution in [0.3, 0.4) is 0 Å². The largest absolute Gasteiger partial charge is 0.491 e. The molecule has 2 aromatic rings. The predicted molar refractivity (Wildman–Crippen MR) is 84.9 cm³/mol. The number of carbonyl (C=O) groups excluding carboxylic acids is 1. The summed E-state index contributed by atoms with van der Waals surface area (Å²) in [6.45, 7) is 4.48. The lowest BCUT2D eigenvalue weighted by molar-refractivity contribution is 0.102. The number of thiazole rings is 1. The van der Waals surface area contributed by atoms with Gasteiger partial charge in [0.05, 0.1) is 18.3 Å². The molecule has 5 nitrogen and oxygen atoms in total. The average Bonchev–Trinajstić information content (AvgIpc) is 2.96. The molecule has 0 radical (unpaired) electrons. The summed E-state index contributed by atoms with van der Waals surface area (Å²) < 4.78 is 5.61. The van der Waals surface area contributed by atoms with Crippen molar-refractivity contribution < 1.29 is 9.53 Å². The van der Waals surface area contributed by atoms with Crippen molar-refractivity contribution in [2.24, 2.45) is 5.73 Å². The number of nitrogens with two attached hydrogens (primary N) is 1. The van der Waals surface area contributed by atoms with Crippen molar-refractivity contribution in [1.29, 1.82) is 0 Å². The van der Waals surface area contributed by atoms with Gasteiger partial charge in [0.2, 0.25) is 0 Å². The molecule has 0 fully saturated rings.